The number of nitrogens with zero attached hydrogens (tertiary/aromatic N) is 2. The van der Waals surface area contributed by atoms with E-state index in [0.717, 1.165) is 12.8 Å². The molecule has 2 fully saturated rings. The number of aromatic amines is 1. The highest BCUT2D eigenvalue weighted by Crippen LogP contribution is 2.39. The Kier molecular flexibility index (Phi) is 6.85. The zero-order valence-electron chi connectivity index (χ0n) is 21.2. The molecular weight excluding hydrogens is 477 g/mol. The van der Waals surface area contributed by atoms with Gasteiger partial charge in [0.05, 0.1) is 23.3 Å². The molecule has 5 rings (SSSR count). The Bertz CT molecular complexity index is 1350. The maximum Gasteiger partial charge on any atom is 0.255 e. The number of H-pyrrole nitrogens is 1. The van der Waals surface area contributed by atoms with Crippen LogP contribution in [0.25, 0.3) is 22.3 Å². The van der Waals surface area contributed by atoms with Crippen LogP contribution in [-0.4, -0.2) is 56.7 Å². The van der Waals surface area contributed by atoms with Gasteiger partial charge in [-0.2, -0.15) is 0 Å². The van der Waals surface area contributed by atoms with E-state index in [4.69, 9.17) is 4.74 Å². The Morgan fingerprint density at radius 1 is 1.16 bits per heavy atom. The van der Waals surface area contributed by atoms with E-state index in [-0.39, 0.29) is 23.6 Å². The van der Waals surface area contributed by atoms with E-state index in [0.29, 0.717) is 71.1 Å². The van der Waals surface area contributed by atoms with Crippen LogP contribution in [0.4, 0.5) is 4.39 Å². The molecule has 2 aliphatic carbocycles. The molecule has 2 aromatic heterocycles. The molecule has 0 radical (unpaired) electrons. The number of carbonyl (C=O) groups is 2. The molecule has 0 unspecified atom stereocenters. The van der Waals surface area contributed by atoms with E-state index in [9.17, 15) is 14.7 Å². The molecule has 0 spiro atoms. The number of amides is 2. The fraction of sp³-hybridized carbons (Fsp3) is 0.481. The summed E-state index contributed by atoms with van der Waals surface area (Å²) in [5.41, 5.74) is 2.93. The lowest BCUT2D eigenvalue weighted by Crippen LogP contribution is -2.40. The van der Waals surface area contributed by atoms with Crippen LogP contribution in [0.3, 0.4) is 0 Å². The number of aliphatic hydroxyl groups is 1. The van der Waals surface area contributed by atoms with E-state index in [1.165, 1.54) is 13.3 Å². The summed E-state index contributed by atoms with van der Waals surface area (Å²) in [7, 11) is 0. The molecule has 3 aromatic rings. The van der Waals surface area contributed by atoms with Gasteiger partial charge >= 0.3 is 0 Å². The van der Waals surface area contributed by atoms with E-state index in [2.05, 4.69) is 25.6 Å². The molecular formula is C27H32FN5O4. The Morgan fingerprint density at radius 2 is 1.89 bits per heavy atom. The maximum absolute atomic E-state index is 15.5. The van der Waals surface area contributed by atoms with Crippen LogP contribution < -0.4 is 15.4 Å². The highest BCUT2D eigenvalue weighted by molar-refractivity contribution is 6.09. The first kappa shape index (κ1) is 25.1. The Morgan fingerprint density at radius 3 is 2.59 bits per heavy atom. The van der Waals surface area contributed by atoms with Crippen molar-refractivity contribution in [3.8, 4) is 17.0 Å². The van der Waals surface area contributed by atoms with Crippen LogP contribution in [0, 0.1) is 25.6 Å². The molecule has 0 bridgehead atoms. The van der Waals surface area contributed by atoms with E-state index < -0.39 is 17.8 Å². The van der Waals surface area contributed by atoms with Gasteiger partial charge in [0.2, 0.25) is 5.91 Å². The van der Waals surface area contributed by atoms with Crippen LogP contribution >= 0.6 is 0 Å². The number of nitrogens with one attached hydrogen (secondary N) is 3. The van der Waals surface area contributed by atoms with Crippen molar-refractivity contribution in [3.05, 3.63) is 41.1 Å². The van der Waals surface area contributed by atoms with Gasteiger partial charge in [0.25, 0.3) is 5.91 Å². The minimum atomic E-state index is -1.07. The Balaban J connectivity index is 1.42. The molecule has 0 saturated heterocycles. The Hall–Kier alpha value is -3.53. The standard InChI is InChI=1S/C27H32FN5O4/c1-13-4-9-19(37-11-16-5-6-16)21(22(13)28)24-25-23(29-12-30-24)20(14(2)31-25)27(36)33-18-8-7-17(10-18)32-26(35)15(3)34/h4,9,12,15-18,31,34H,5-8,10-11H2,1-3H3,(H,32,35)(H,33,36)/t15-,17-,18-/m0/s1. The second kappa shape index (κ2) is 10.1. The lowest BCUT2D eigenvalue weighted by molar-refractivity contribution is -0.129. The van der Waals surface area contributed by atoms with Crippen molar-refractivity contribution >= 4 is 22.8 Å². The van der Waals surface area contributed by atoms with Gasteiger partial charge in [-0.1, -0.05) is 6.07 Å². The predicted molar refractivity (Wildman–Crippen MR) is 136 cm³/mol. The smallest absolute Gasteiger partial charge is 0.255 e. The quantitative estimate of drug-likeness (QED) is 0.369. The average molecular weight is 510 g/mol. The third kappa shape index (κ3) is 5.16. The zero-order valence-corrected chi connectivity index (χ0v) is 21.2. The number of fused-ring (bicyclic) bond motifs is 1. The molecule has 37 heavy (non-hydrogen) atoms. The number of halogens is 1. The van der Waals surface area contributed by atoms with Crippen molar-refractivity contribution in [1.29, 1.82) is 0 Å². The highest BCUT2D eigenvalue weighted by Gasteiger charge is 2.30. The maximum atomic E-state index is 15.5. The summed E-state index contributed by atoms with van der Waals surface area (Å²) in [5, 5.41) is 15.3. The first-order chi connectivity index (χ1) is 17.7. The normalized spacial score (nSPS) is 20.1. The van der Waals surface area contributed by atoms with Crippen molar-refractivity contribution < 1.29 is 23.8 Å². The van der Waals surface area contributed by atoms with Gasteiger partial charge in [0, 0.05) is 17.8 Å². The molecule has 9 nitrogen and oxygen atoms in total. The topological polar surface area (TPSA) is 129 Å². The van der Waals surface area contributed by atoms with Crippen molar-refractivity contribution in [2.24, 2.45) is 5.92 Å². The summed E-state index contributed by atoms with van der Waals surface area (Å²) in [4.78, 5) is 37.1. The molecule has 2 saturated carbocycles. The van der Waals surface area contributed by atoms with Crippen LogP contribution in [0.15, 0.2) is 18.5 Å². The number of benzene rings is 1. The molecule has 2 amide bonds. The highest BCUT2D eigenvalue weighted by atomic mass is 19.1. The minimum absolute atomic E-state index is 0.108. The number of ether oxygens (including phenoxy) is 1. The van der Waals surface area contributed by atoms with E-state index in [1.54, 1.807) is 26.0 Å². The van der Waals surface area contributed by atoms with Crippen LogP contribution in [0.2, 0.25) is 0 Å². The third-order valence-corrected chi connectivity index (χ3v) is 7.20. The third-order valence-electron chi connectivity index (χ3n) is 7.20. The molecule has 1 aromatic carbocycles. The summed E-state index contributed by atoms with van der Waals surface area (Å²) in [5.74, 6) is -0.207. The number of hydrogen-bond acceptors (Lipinski definition) is 6. The van der Waals surface area contributed by atoms with Crippen LogP contribution in [-0.2, 0) is 4.79 Å². The first-order valence-corrected chi connectivity index (χ1v) is 12.8. The van der Waals surface area contributed by atoms with Crippen molar-refractivity contribution in [2.75, 3.05) is 6.61 Å². The molecule has 2 aliphatic rings. The Labute approximate surface area is 214 Å². The second-order valence-corrected chi connectivity index (χ2v) is 10.3. The molecule has 0 aliphatic heterocycles. The minimum Gasteiger partial charge on any atom is -0.492 e. The van der Waals surface area contributed by atoms with Gasteiger partial charge in [-0.15, -0.1) is 0 Å². The number of aryl methyl sites for hydroxylation is 2. The molecule has 196 valence electrons. The van der Waals surface area contributed by atoms with Gasteiger partial charge < -0.3 is 25.5 Å². The number of carbonyl (C=O) groups excluding carboxylic acids is 2. The van der Waals surface area contributed by atoms with Gasteiger partial charge in [-0.3, -0.25) is 9.59 Å². The first-order valence-electron chi connectivity index (χ1n) is 12.8. The summed E-state index contributed by atoms with van der Waals surface area (Å²) >= 11 is 0. The SMILES string of the molecule is Cc1ccc(OCC2CC2)c(-c2ncnc3c(C(=O)N[C@H]4CC[C@H](NC(=O)[C@H](C)O)C4)c(C)[nH]c23)c1F. The summed E-state index contributed by atoms with van der Waals surface area (Å²) in [6, 6.07) is 3.22. The fourth-order valence-corrected chi connectivity index (χ4v) is 4.91. The number of aromatic nitrogens is 3. The molecule has 10 heteroatoms. The fourth-order valence-electron chi connectivity index (χ4n) is 4.91. The monoisotopic (exact) mass is 509 g/mol. The lowest BCUT2D eigenvalue weighted by Gasteiger charge is -2.15. The van der Waals surface area contributed by atoms with Crippen molar-refractivity contribution in [2.45, 2.75) is 71.1 Å². The summed E-state index contributed by atoms with van der Waals surface area (Å²) in [6.07, 6.45) is 4.48. The second-order valence-electron chi connectivity index (χ2n) is 10.3. The van der Waals surface area contributed by atoms with Gasteiger partial charge in [0.15, 0.2) is 0 Å². The van der Waals surface area contributed by atoms with Gasteiger partial charge in [0.1, 0.15) is 35.2 Å². The molecule has 3 atom stereocenters. The summed E-state index contributed by atoms with van der Waals surface area (Å²) < 4.78 is 21.4. The number of hydrogen-bond donors (Lipinski definition) is 4. The predicted octanol–water partition coefficient (Wildman–Crippen LogP) is 3.32. The van der Waals surface area contributed by atoms with Crippen LogP contribution in [0.5, 0.6) is 5.75 Å². The number of rotatable bonds is 8. The van der Waals surface area contributed by atoms with Crippen molar-refractivity contribution in [1.82, 2.24) is 25.6 Å². The number of aliphatic hydroxyl groups excluding tert-OH is 1. The molecule has 2 heterocycles. The summed E-state index contributed by atoms with van der Waals surface area (Å²) in [6.45, 7) is 5.42. The zero-order chi connectivity index (χ0) is 26.3. The average Bonchev–Trinajstić information content (AvgIpc) is 3.48. The van der Waals surface area contributed by atoms with Gasteiger partial charge in [-0.25, -0.2) is 14.4 Å². The van der Waals surface area contributed by atoms with Crippen LogP contribution in [0.1, 0.15) is 60.6 Å². The van der Waals surface area contributed by atoms with E-state index in [1.807, 2.05) is 0 Å². The largest absolute Gasteiger partial charge is 0.492 e. The van der Waals surface area contributed by atoms with Crippen molar-refractivity contribution in [3.63, 3.8) is 0 Å². The van der Waals surface area contributed by atoms with Gasteiger partial charge in [-0.05, 0) is 70.4 Å². The molecule has 4 N–H and O–H groups in total. The lowest BCUT2D eigenvalue weighted by atomic mass is 10.0. The van der Waals surface area contributed by atoms with E-state index >= 15 is 4.39 Å².